The Morgan fingerprint density at radius 2 is 2.16 bits per heavy atom. The highest BCUT2D eigenvalue weighted by atomic mass is 31.0. The Kier molecular flexibility index (Phi) is 4.39. The highest BCUT2D eigenvalue weighted by molar-refractivity contribution is 7.18. The lowest BCUT2D eigenvalue weighted by Gasteiger charge is -2.18. The molecule has 1 aliphatic carbocycles. The molecule has 0 spiro atoms. The number of nitrogens with zero attached hydrogens (tertiary/aromatic N) is 1. The molecular formula is C15H20N3P. The lowest BCUT2D eigenvalue weighted by molar-refractivity contribution is 1.03. The molecule has 4 heteroatoms. The molecule has 1 aromatic carbocycles. The van der Waals surface area contributed by atoms with Crippen LogP contribution >= 0.6 is 9.24 Å². The SMILES string of the molecule is CCN=C1C=C/C(=C/c2ccc(N)cc2N)C(P)C1. The van der Waals surface area contributed by atoms with Gasteiger partial charge >= 0.3 is 0 Å². The standard InChI is InChI=1S/C15H20N3P/c1-2-18-13-6-4-11(15(19)9-13)7-10-3-5-12(16)8-14(10)17/h3-8,15H,2,9,16-17,19H2,1H3/b11-7-,18-13?. The third kappa shape index (κ3) is 3.45. The van der Waals surface area contributed by atoms with E-state index in [1.165, 1.54) is 5.57 Å². The zero-order valence-corrected chi connectivity index (χ0v) is 12.3. The summed E-state index contributed by atoms with van der Waals surface area (Å²) in [5.41, 5.74) is 16.9. The van der Waals surface area contributed by atoms with Gasteiger partial charge < -0.3 is 11.5 Å². The number of benzene rings is 1. The van der Waals surface area contributed by atoms with Crippen LogP contribution in [0.15, 0.2) is 40.9 Å². The van der Waals surface area contributed by atoms with Crippen molar-refractivity contribution in [2.45, 2.75) is 19.0 Å². The zero-order chi connectivity index (χ0) is 13.8. The number of aliphatic imine (C=N–C) groups is 1. The van der Waals surface area contributed by atoms with Gasteiger partial charge in [-0.15, -0.1) is 9.24 Å². The predicted octanol–water partition coefficient (Wildman–Crippen LogP) is 2.90. The summed E-state index contributed by atoms with van der Waals surface area (Å²) in [5.74, 6) is 0. The molecule has 1 aliphatic rings. The Hall–Kier alpha value is -1.60. The molecule has 0 saturated carbocycles. The summed E-state index contributed by atoms with van der Waals surface area (Å²) in [5, 5.41) is 0. The van der Waals surface area contributed by atoms with Gasteiger partial charge in [-0.1, -0.05) is 12.1 Å². The Morgan fingerprint density at radius 1 is 1.37 bits per heavy atom. The largest absolute Gasteiger partial charge is 0.399 e. The molecule has 0 aliphatic heterocycles. The molecular weight excluding hydrogens is 253 g/mol. The van der Waals surface area contributed by atoms with Crippen molar-refractivity contribution in [3.8, 4) is 0 Å². The first-order valence-electron chi connectivity index (χ1n) is 6.43. The molecule has 0 radical (unpaired) electrons. The average Bonchev–Trinajstić information content (AvgIpc) is 2.36. The van der Waals surface area contributed by atoms with Gasteiger partial charge in [0.25, 0.3) is 0 Å². The van der Waals surface area contributed by atoms with Crippen LogP contribution in [0.4, 0.5) is 11.4 Å². The van der Waals surface area contributed by atoms with Gasteiger partial charge in [0, 0.05) is 29.3 Å². The smallest absolute Gasteiger partial charge is 0.0408 e. The predicted molar refractivity (Wildman–Crippen MR) is 88.5 cm³/mol. The van der Waals surface area contributed by atoms with Gasteiger partial charge in [-0.3, -0.25) is 4.99 Å². The van der Waals surface area contributed by atoms with E-state index in [0.29, 0.717) is 17.0 Å². The first-order valence-corrected chi connectivity index (χ1v) is 7.10. The van der Waals surface area contributed by atoms with Crippen LogP contribution in [0.2, 0.25) is 0 Å². The summed E-state index contributed by atoms with van der Waals surface area (Å²) in [4.78, 5) is 4.45. The van der Waals surface area contributed by atoms with Crippen molar-refractivity contribution in [2.75, 3.05) is 18.0 Å². The summed E-state index contributed by atoms with van der Waals surface area (Å²) < 4.78 is 0. The second kappa shape index (κ2) is 6.03. The van der Waals surface area contributed by atoms with Crippen molar-refractivity contribution in [1.82, 2.24) is 0 Å². The summed E-state index contributed by atoms with van der Waals surface area (Å²) >= 11 is 0. The number of nitrogen functional groups attached to an aromatic ring is 2. The molecule has 3 nitrogen and oxygen atoms in total. The maximum atomic E-state index is 5.98. The first-order chi connectivity index (χ1) is 9.10. The minimum absolute atomic E-state index is 0.382. The normalized spacial score (nSPS) is 23.2. The maximum absolute atomic E-state index is 5.98. The van der Waals surface area contributed by atoms with Crippen LogP contribution in [-0.4, -0.2) is 17.9 Å². The number of anilines is 2. The van der Waals surface area contributed by atoms with E-state index in [2.05, 4.69) is 39.4 Å². The molecule has 2 atom stereocenters. The van der Waals surface area contributed by atoms with E-state index >= 15 is 0 Å². The van der Waals surface area contributed by atoms with Crippen molar-refractivity contribution in [3.63, 3.8) is 0 Å². The molecule has 0 fully saturated rings. The van der Waals surface area contributed by atoms with E-state index in [1.54, 1.807) is 6.07 Å². The Labute approximate surface area is 116 Å². The highest BCUT2D eigenvalue weighted by Gasteiger charge is 2.14. The third-order valence-electron chi connectivity index (χ3n) is 3.12. The molecule has 4 N–H and O–H groups in total. The minimum atomic E-state index is 0.382. The van der Waals surface area contributed by atoms with E-state index < -0.39 is 0 Å². The van der Waals surface area contributed by atoms with Crippen molar-refractivity contribution >= 4 is 32.4 Å². The van der Waals surface area contributed by atoms with Gasteiger partial charge in [-0.05, 0) is 48.8 Å². The van der Waals surface area contributed by atoms with Gasteiger partial charge in [0.15, 0.2) is 0 Å². The van der Waals surface area contributed by atoms with E-state index in [9.17, 15) is 0 Å². The molecule has 19 heavy (non-hydrogen) atoms. The van der Waals surface area contributed by atoms with Gasteiger partial charge in [0.1, 0.15) is 0 Å². The van der Waals surface area contributed by atoms with Crippen LogP contribution < -0.4 is 11.5 Å². The molecule has 100 valence electrons. The van der Waals surface area contributed by atoms with Gasteiger partial charge in [0.05, 0.1) is 0 Å². The van der Waals surface area contributed by atoms with Crippen LogP contribution in [0.25, 0.3) is 6.08 Å². The van der Waals surface area contributed by atoms with Gasteiger partial charge in [-0.2, -0.15) is 0 Å². The lowest BCUT2D eigenvalue weighted by atomic mass is 9.97. The Bertz CT molecular complexity index is 559. The second-order valence-electron chi connectivity index (χ2n) is 4.64. The topological polar surface area (TPSA) is 64.4 Å². The maximum Gasteiger partial charge on any atom is 0.0408 e. The first kappa shape index (κ1) is 13.8. The van der Waals surface area contributed by atoms with E-state index in [0.717, 1.165) is 24.2 Å². The van der Waals surface area contributed by atoms with E-state index in [-0.39, 0.29) is 0 Å². The zero-order valence-electron chi connectivity index (χ0n) is 11.1. The molecule has 0 heterocycles. The third-order valence-corrected chi connectivity index (χ3v) is 3.74. The molecule has 2 rings (SSSR count). The number of rotatable bonds is 2. The fraction of sp³-hybridized carbons (Fsp3) is 0.267. The summed E-state index contributed by atoms with van der Waals surface area (Å²) in [6.07, 6.45) is 7.27. The Balaban J connectivity index is 2.29. The van der Waals surface area contributed by atoms with Crippen molar-refractivity contribution in [2.24, 2.45) is 4.99 Å². The molecule has 0 amide bonds. The number of nitrogens with two attached hydrogens (primary N) is 2. The molecule has 0 bridgehead atoms. The van der Waals surface area contributed by atoms with Crippen molar-refractivity contribution < 1.29 is 0 Å². The molecule has 2 unspecified atom stereocenters. The number of allylic oxidation sites excluding steroid dienone is 3. The summed E-state index contributed by atoms with van der Waals surface area (Å²) in [6.45, 7) is 2.89. The fourth-order valence-electron chi connectivity index (χ4n) is 2.11. The fourth-order valence-corrected chi connectivity index (χ4v) is 2.56. The second-order valence-corrected chi connectivity index (χ2v) is 5.45. The van der Waals surface area contributed by atoms with Crippen molar-refractivity contribution in [3.05, 3.63) is 41.5 Å². The van der Waals surface area contributed by atoms with Crippen LogP contribution in [0.1, 0.15) is 18.9 Å². The average molecular weight is 273 g/mol. The molecule has 0 saturated heterocycles. The van der Waals surface area contributed by atoms with Crippen LogP contribution in [0.3, 0.4) is 0 Å². The number of hydrogen-bond acceptors (Lipinski definition) is 3. The molecule has 0 aromatic heterocycles. The summed E-state index contributed by atoms with van der Waals surface area (Å²) in [6, 6.07) is 5.62. The van der Waals surface area contributed by atoms with Gasteiger partial charge in [0.2, 0.25) is 0 Å². The highest BCUT2D eigenvalue weighted by Crippen LogP contribution is 2.27. The van der Waals surface area contributed by atoms with Crippen LogP contribution in [0.5, 0.6) is 0 Å². The van der Waals surface area contributed by atoms with Crippen LogP contribution in [-0.2, 0) is 0 Å². The lowest BCUT2D eigenvalue weighted by Crippen LogP contribution is -2.13. The number of hydrogen-bond donors (Lipinski definition) is 2. The van der Waals surface area contributed by atoms with Crippen LogP contribution in [0, 0.1) is 0 Å². The Morgan fingerprint density at radius 3 is 2.79 bits per heavy atom. The quantitative estimate of drug-likeness (QED) is 0.642. The minimum Gasteiger partial charge on any atom is -0.399 e. The molecule has 1 aromatic rings. The van der Waals surface area contributed by atoms with Gasteiger partial charge in [-0.25, -0.2) is 0 Å². The van der Waals surface area contributed by atoms with E-state index in [4.69, 9.17) is 11.5 Å². The summed E-state index contributed by atoms with van der Waals surface area (Å²) in [7, 11) is 2.87. The van der Waals surface area contributed by atoms with E-state index in [1.807, 2.05) is 12.1 Å². The van der Waals surface area contributed by atoms with Crippen molar-refractivity contribution in [1.29, 1.82) is 0 Å². The monoisotopic (exact) mass is 273 g/mol.